The minimum Gasteiger partial charge on any atom is -0.492 e. The highest BCUT2D eigenvalue weighted by molar-refractivity contribution is 7.28. The number of halogens is 1. The second-order valence-corrected chi connectivity index (χ2v) is 14.5. The summed E-state index contributed by atoms with van der Waals surface area (Å²) in [7, 11) is 5.40. The Kier molecular flexibility index (Phi) is 14.9. The molecule has 8 rings (SSSR count). The highest BCUT2D eigenvalue weighted by atomic mass is 31.0. The number of hydrogen-bond acceptors (Lipinski definition) is 11. The Morgan fingerprint density at radius 3 is 2.47 bits per heavy atom. The number of aliphatic hydroxyl groups excluding tert-OH is 1. The molecule has 2 aromatic heterocycles. The van der Waals surface area contributed by atoms with E-state index < -0.39 is 0 Å². The van der Waals surface area contributed by atoms with E-state index in [2.05, 4.69) is 31.1 Å². The highest BCUT2D eigenvalue weighted by Gasteiger charge is 2.36. The van der Waals surface area contributed by atoms with E-state index in [0.717, 1.165) is 89.1 Å². The van der Waals surface area contributed by atoms with Gasteiger partial charge in [-0.25, -0.2) is 4.39 Å². The number of methoxy groups -OCH3 is 1. The molecule has 4 atom stereocenters. The molecule has 3 aliphatic heterocycles. The number of carbonyl (C=O) groups excluding carboxylic acids is 1. The molecular formula is C42H52FN6O5P. The summed E-state index contributed by atoms with van der Waals surface area (Å²) in [5, 5.41) is 13.5. The Hall–Kier alpha value is -4.64. The molecule has 55 heavy (non-hydrogen) atoms. The molecule has 0 spiro atoms. The van der Waals surface area contributed by atoms with Gasteiger partial charge < -0.3 is 24.3 Å². The first kappa shape index (κ1) is 41.5. The average Bonchev–Trinajstić information content (AvgIpc) is 3.87. The predicted octanol–water partition coefficient (Wildman–Crippen LogP) is 7.81. The molecule has 0 saturated carbocycles. The van der Waals surface area contributed by atoms with Crippen molar-refractivity contribution in [3.05, 3.63) is 77.1 Å². The van der Waals surface area contributed by atoms with Crippen LogP contribution in [0.1, 0.15) is 57.9 Å². The average molecular weight is 771 g/mol. The quantitative estimate of drug-likeness (QED) is 0.123. The second kappa shape index (κ2) is 19.8. The van der Waals surface area contributed by atoms with Gasteiger partial charge in [-0.05, 0) is 109 Å². The van der Waals surface area contributed by atoms with Crippen molar-refractivity contribution >= 4 is 54.5 Å². The normalized spacial score (nSPS) is 19.0. The molecular weight excluding hydrogens is 718 g/mol. The lowest BCUT2D eigenvalue weighted by Crippen LogP contribution is -2.35. The van der Waals surface area contributed by atoms with Crippen molar-refractivity contribution in [2.45, 2.75) is 70.9 Å². The van der Waals surface area contributed by atoms with Gasteiger partial charge in [0.15, 0.2) is 0 Å². The van der Waals surface area contributed by atoms with E-state index in [1.54, 1.807) is 25.3 Å². The summed E-state index contributed by atoms with van der Waals surface area (Å²) >= 11 is 0. The molecule has 0 radical (unpaired) electrons. The van der Waals surface area contributed by atoms with Crippen LogP contribution in [0.25, 0.3) is 32.9 Å². The number of carbonyl (C=O) groups is 1. The molecule has 0 bridgehead atoms. The van der Waals surface area contributed by atoms with Crippen molar-refractivity contribution in [3.8, 4) is 23.0 Å². The second-order valence-electron chi connectivity index (χ2n) is 14.0. The standard InChI is InChI=1S/C26H28FN4OP.C14H18N2O2.CH4O.CH2O/c1-4-17-20(27)11-10-16-8-5-9-18(21(16)17)22-24(33)23-19(13-28-22)25(30-26(29-23)32-3)31-12-6-7-15(2)14-31;17-15-11-3-7-14(8-4-11)18-10-13-6-5-12-2-1-9-16(12)13;2*1-2/h5,8-11,13,15H,4,6-7,12,14,33H2,1-3H3;3-4,7-8,12-13H,1-2,5-6,9-10H2;2H,1H3;1H2. The molecule has 0 aliphatic carbocycles. The number of aryl methyl sites for hydroxylation is 1. The smallest absolute Gasteiger partial charge is 0.318 e. The minimum absolute atomic E-state index is 0.186. The number of rotatable bonds is 8. The first-order chi connectivity index (χ1) is 26.9. The molecule has 4 unspecified atom stereocenters. The minimum atomic E-state index is -0.186. The summed E-state index contributed by atoms with van der Waals surface area (Å²) in [5.74, 6) is 2.11. The van der Waals surface area contributed by atoms with Crippen molar-refractivity contribution in [2.24, 2.45) is 11.1 Å². The van der Waals surface area contributed by atoms with Gasteiger partial charge in [-0.1, -0.05) is 38.1 Å². The molecule has 3 fully saturated rings. The lowest BCUT2D eigenvalue weighted by molar-refractivity contribution is -0.0980. The van der Waals surface area contributed by atoms with Gasteiger partial charge in [0.05, 0.1) is 23.7 Å². The van der Waals surface area contributed by atoms with Crippen LogP contribution in [-0.4, -0.2) is 84.3 Å². The van der Waals surface area contributed by atoms with E-state index >= 15 is 0 Å². The SMILES string of the molecule is C=O.CCc1c(F)ccc2cccc(-c3ncc4c(N5CCCC(C)C5)nc(OC)nc4c3P)c12.CO.O=Nc1ccc(OCC2CCC3CCCN32)cc1. The van der Waals surface area contributed by atoms with Crippen LogP contribution in [0, 0.1) is 16.6 Å². The van der Waals surface area contributed by atoms with Gasteiger partial charge in [-0.3, -0.25) is 9.88 Å². The van der Waals surface area contributed by atoms with E-state index in [1.807, 2.05) is 56.3 Å². The number of aromatic nitrogens is 3. The third-order valence-electron chi connectivity index (χ3n) is 10.7. The molecule has 3 saturated heterocycles. The fourth-order valence-corrected chi connectivity index (χ4v) is 8.60. The maximum absolute atomic E-state index is 14.7. The van der Waals surface area contributed by atoms with Gasteiger partial charge in [0.25, 0.3) is 0 Å². The first-order valence-electron chi connectivity index (χ1n) is 18.9. The van der Waals surface area contributed by atoms with E-state index in [9.17, 15) is 9.30 Å². The van der Waals surface area contributed by atoms with Gasteiger partial charge in [-0.15, -0.1) is 14.1 Å². The number of fused-ring (bicyclic) bond motifs is 3. The number of piperidine rings is 1. The van der Waals surface area contributed by atoms with Crippen LogP contribution in [-0.2, 0) is 11.2 Å². The van der Waals surface area contributed by atoms with E-state index in [0.29, 0.717) is 35.6 Å². The lowest BCUT2D eigenvalue weighted by atomic mass is 9.95. The summed E-state index contributed by atoms with van der Waals surface area (Å²) in [4.78, 5) is 37.5. The molecule has 13 heteroatoms. The molecule has 1 N–H and O–H groups in total. The highest BCUT2D eigenvalue weighted by Crippen LogP contribution is 2.36. The van der Waals surface area contributed by atoms with Crippen molar-refractivity contribution in [2.75, 3.05) is 45.4 Å². The Balaban J connectivity index is 0.000000222. The zero-order chi connectivity index (χ0) is 39.5. The van der Waals surface area contributed by atoms with Crippen molar-refractivity contribution < 1.29 is 23.8 Å². The summed E-state index contributed by atoms with van der Waals surface area (Å²) in [6, 6.07) is 18.1. The summed E-state index contributed by atoms with van der Waals surface area (Å²) < 4.78 is 26.0. The van der Waals surface area contributed by atoms with Crippen LogP contribution in [0.4, 0.5) is 15.9 Å². The lowest BCUT2D eigenvalue weighted by Gasteiger charge is -2.32. The maximum atomic E-state index is 14.7. The summed E-state index contributed by atoms with van der Waals surface area (Å²) in [6.45, 7) is 10.1. The third kappa shape index (κ3) is 9.26. The zero-order valence-corrected chi connectivity index (χ0v) is 33.4. The van der Waals surface area contributed by atoms with Crippen molar-refractivity contribution in [1.29, 1.82) is 0 Å². The zero-order valence-electron chi connectivity index (χ0n) is 32.2. The van der Waals surface area contributed by atoms with Crippen LogP contribution >= 0.6 is 9.24 Å². The Morgan fingerprint density at radius 1 is 1.00 bits per heavy atom. The molecule has 292 valence electrons. The first-order valence-corrected chi connectivity index (χ1v) is 19.5. The number of hydrogen-bond donors (Lipinski definition) is 1. The maximum Gasteiger partial charge on any atom is 0.318 e. The van der Waals surface area contributed by atoms with Crippen LogP contribution in [0.3, 0.4) is 0 Å². The summed E-state index contributed by atoms with van der Waals surface area (Å²) in [6.07, 6.45) is 10.1. The molecule has 11 nitrogen and oxygen atoms in total. The predicted molar refractivity (Wildman–Crippen MR) is 222 cm³/mol. The Bertz CT molecular complexity index is 2050. The summed E-state index contributed by atoms with van der Waals surface area (Å²) in [5.41, 5.74) is 3.62. The van der Waals surface area contributed by atoms with Crippen LogP contribution in [0.5, 0.6) is 11.8 Å². The van der Waals surface area contributed by atoms with E-state index in [-0.39, 0.29) is 5.82 Å². The van der Waals surface area contributed by atoms with Crippen molar-refractivity contribution in [1.82, 2.24) is 19.9 Å². The number of nitroso groups, excluding NO2 is 1. The number of anilines is 1. The van der Waals surface area contributed by atoms with Gasteiger partial charge >= 0.3 is 6.01 Å². The van der Waals surface area contributed by atoms with Gasteiger partial charge in [0, 0.05) is 49.3 Å². The fraction of sp³-hybridized carbons (Fsp3) is 0.429. The molecule has 5 aromatic rings. The molecule has 3 aromatic carbocycles. The number of ether oxygens (including phenoxy) is 2. The van der Waals surface area contributed by atoms with Crippen molar-refractivity contribution in [3.63, 3.8) is 0 Å². The van der Waals surface area contributed by atoms with Crippen LogP contribution < -0.4 is 19.7 Å². The number of aliphatic hydroxyl groups is 1. The third-order valence-corrected chi connectivity index (χ3v) is 11.2. The van der Waals surface area contributed by atoms with Gasteiger partial charge in [-0.2, -0.15) is 9.97 Å². The largest absolute Gasteiger partial charge is 0.492 e. The monoisotopic (exact) mass is 770 g/mol. The van der Waals surface area contributed by atoms with Gasteiger partial charge in [0.1, 0.15) is 36.5 Å². The molecule has 0 amide bonds. The van der Waals surface area contributed by atoms with E-state index in [1.165, 1.54) is 38.6 Å². The number of nitrogens with zero attached hydrogens (tertiary/aromatic N) is 6. The number of benzene rings is 3. The Morgan fingerprint density at radius 2 is 1.76 bits per heavy atom. The number of pyridine rings is 1. The van der Waals surface area contributed by atoms with E-state index in [4.69, 9.17) is 34.3 Å². The van der Waals surface area contributed by atoms with Crippen LogP contribution in [0.15, 0.2) is 66.0 Å². The Labute approximate surface area is 324 Å². The fourth-order valence-electron chi connectivity index (χ4n) is 8.15. The van der Waals surface area contributed by atoms with Crippen LogP contribution in [0.2, 0.25) is 0 Å². The molecule has 5 heterocycles. The van der Waals surface area contributed by atoms with Gasteiger partial charge in [0.2, 0.25) is 0 Å². The molecule has 3 aliphatic rings. The topological polar surface area (TPSA) is 130 Å².